The molecule has 2 nitrogen and oxygen atoms in total. The van der Waals surface area contributed by atoms with Crippen LogP contribution < -0.4 is 11.3 Å². The van der Waals surface area contributed by atoms with Crippen molar-refractivity contribution in [1.82, 2.24) is 5.43 Å². The zero-order chi connectivity index (χ0) is 14.1. The number of rotatable bonds is 4. The Morgan fingerprint density at radius 3 is 2.50 bits per heavy atom. The molecule has 4 heteroatoms. The van der Waals surface area contributed by atoms with Crippen LogP contribution in [0.2, 0.25) is 0 Å². The van der Waals surface area contributed by atoms with Crippen molar-refractivity contribution >= 4 is 0 Å². The Morgan fingerprint density at radius 2 is 1.80 bits per heavy atom. The smallest absolute Gasteiger partial charge is 0.163 e. The fraction of sp³-hybridized carbons (Fsp3) is 0.250. The first-order chi connectivity index (χ1) is 9.72. The first-order valence-electron chi connectivity index (χ1n) is 6.67. The summed E-state index contributed by atoms with van der Waals surface area (Å²) in [7, 11) is 0. The van der Waals surface area contributed by atoms with Gasteiger partial charge < -0.3 is 0 Å². The minimum absolute atomic E-state index is 0.193. The summed E-state index contributed by atoms with van der Waals surface area (Å²) >= 11 is 0. The molecule has 3 unspecified atom stereocenters. The van der Waals surface area contributed by atoms with Gasteiger partial charge in [0.15, 0.2) is 11.6 Å². The van der Waals surface area contributed by atoms with E-state index in [0.717, 1.165) is 12.5 Å². The van der Waals surface area contributed by atoms with E-state index in [9.17, 15) is 8.78 Å². The topological polar surface area (TPSA) is 38.0 Å². The van der Waals surface area contributed by atoms with Gasteiger partial charge in [0.2, 0.25) is 0 Å². The largest absolute Gasteiger partial charge is 0.271 e. The van der Waals surface area contributed by atoms with Crippen LogP contribution in [0.5, 0.6) is 0 Å². The normalized spacial score (nSPS) is 22.6. The Balaban J connectivity index is 1.84. The molecule has 0 heterocycles. The highest BCUT2D eigenvalue weighted by Crippen LogP contribution is 2.54. The maximum Gasteiger partial charge on any atom is 0.163 e. The van der Waals surface area contributed by atoms with Crippen molar-refractivity contribution in [2.24, 2.45) is 11.8 Å². The van der Waals surface area contributed by atoms with Crippen molar-refractivity contribution in [3.05, 3.63) is 71.3 Å². The average molecular weight is 274 g/mol. The van der Waals surface area contributed by atoms with Crippen LogP contribution in [-0.2, 0) is 0 Å². The van der Waals surface area contributed by atoms with Gasteiger partial charge in [-0.25, -0.2) is 8.78 Å². The van der Waals surface area contributed by atoms with Crippen molar-refractivity contribution < 1.29 is 8.78 Å². The highest BCUT2D eigenvalue weighted by Gasteiger charge is 2.44. The zero-order valence-electron chi connectivity index (χ0n) is 10.9. The molecule has 20 heavy (non-hydrogen) atoms. The minimum atomic E-state index is -0.834. The highest BCUT2D eigenvalue weighted by atomic mass is 19.2. The van der Waals surface area contributed by atoms with Crippen molar-refractivity contribution in [3.8, 4) is 0 Å². The third-order valence-electron chi connectivity index (χ3n) is 3.99. The summed E-state index contributed by atoms with van der Waals surface area (Å²) in [5, 5.41) is 0. The molecule has 1 aliphatic rings. The molecule has 3 atom stereocenters. The molecular formula is C16H16F2N2. The van der Waals surface area contributed by atoms with Gasteiger partial charge in [-0.1, -0.05) is 42.5 Å². The summed E-state index contributed by atoms with van der Waals surface area (Å²) in [6, 6.07) is 13.9. The molecule has 1 saturated carbocycles. The highest BCUT2D eigenvalue weighted by molar-refractivity contribution is 5.31. The van der Waals surface area contributed by atoms with E-state index in [4.69, 9.17) is 5.84 Å². The number of nitrogens with two attached hydrogens (primary N) is 1. The predicted molar refractivity (Wildman–Crippen MR) is 73.7 cm³/mol. The Kier molecular flexibility index (Phi) is 3.51. The van der Waals surface area contributed by atoms with E-state index in [1.807, 2.05) is 18.2 Å². The summed E-state index contributed by atoms with van der Waals surface area (Å²) in [6.07, 6.45) is 0.925. The monoisotopic (exact) mass is 274 g/mol. The molecule has 0 bridgehead atoms. The molecule has 0 amide bonds. The van der Waals surface area contributed by atoms with Crippen LogP contribution in [0, 0.1) is 17.6 Å². The van der Waals surface area contributed by atoms with Crippen LogP contribution >= 0.6 is 0 Å². The van der Waals surface area contributed by atoms with Gasteiger partial charge in [0.1, 0.15) is 0 Å². The molecule has 0 aliphatic heterocycles. The van der Waals surface area contributed by atoms with Crippen LogP contribution in [0.25, 0.3) is 0 Å². The lowest BCUT2D eigenvalue weighted by Gasteiger charge is -2.17. The van der Waals surface area contributed by atoms with Gasteiger partial charge in [0.05, 0.1) is 6.04 Å². The van der Waals surface area contributed by atoms with Gasteiger partial charge in [-0.3, -0.25) is 11.3 Å². The first kappa shape index (κ1) is 13.2. The lowest BCUT2D eigenvalue weighted by molar-refractivity contribution is 0.437. The van der Waals surface area contributed by atoms with E-state index in [1.54, 1.807) is 6.07 Å². The molecule has 3 N–H and O–H groups in total. The Hall–Kier alpha value is -1.78. The standard InChI is InChI=1S/C16H16F2N2/c17-14-8-4-7-11(15(14)18)16(20-19)13-9-12(13)10-5-2-1-3-6-10/h1-8,12-13,16,20H,9,19H2. The Labute approximate surface area is 116 Å². The molecule has 0 spiro atoms. The molecule has 0 aromatic heterocycles. The fourth-order valence-electron chi connectivity index (χ4n) is 2.87. The molecule has 104 valence electrons. The second kappa shape index (κ2) is 5.31. The van der Waals surface area contributed by atoms with Crippen molar-refractivity contribution in [3.63, 3.8) is 0 Å². The van der Waals surface area contributed by atoms with E-state index >= 15 is 0 Å². The Bertz CT molecular complexity index is 601. The van der Waals surface area contributed by atoms with Crippen LogP contribution in [0.1, 0.15) is 29.5 Å². The third-order valence-corrected chi connectivity index (χ3v) is 3.99. The summed E-state index contributed by atoms with van der Waals surface area (Å²) in [6.45, 7) is 0. The van der Waals surface area contributed by atoms with Gasteiger partial charge in [-0.05, 0) is 29.9 Å². The maximum absolute atomic E-state index is 13.9. The number of benzene rings is 2. The van der Waals surface area contributed by atoms with E-state index in [1.165, 1.54) is 11.6 Å². The van der Waals surface area contributed by atoms with Crippen molar-refractivity contribution in [2.45, 2.75) is 18.4 Å². The first-order valence-corrected chi connectivity index (χ1v) is 6.67. The van der Waals surface area contributed by atoms with Crippen LogP contribution in [0.3, 0.4) is 0 Å². The summed E-state index contributed by atoms with van der Waals surface area (Å²) < 4.78 is 27.2. The lowest BCUT2D eigenvalue weighted by atomic mass is 9.98. The van der Waals surface area contributed by atoms with Crippen molar-refractivity contribution in [2.75, 3.05) is 0 Å². The molecule has 3 rings (SSSR count). The summed E-state index contributed by atoms with van der Waals surface area (Å²) in [5.41, 5.74) is 4.16. The van der Waals surface area contributed by atoms with E-state index in [-0.39, 0.29) is 12.0 Å². The lowest BCUT2D eigenvalue weighted by Crippen LogP contribution is -2.30. The molecular weight excluding hydrogens is 258 g/mol. The minimum Gasteiger partial charge on any atom is -0.271 e. The third kappa shape index (κ3) is 2.32. The van der Waals surface area contributed by atoms with E-state index in [0.29, 0.717) is 11.5 Å². The van der Waals surface area contributed by atoms with Gasteiger partial charge in [0.25, 0.3) is 0 Å². The molecule has 2 aromatic carbocycles. The number of hydrazine groups is 1. The number of nitrogens with one attached hydrogen (secondary N) is 1. The van der Waals surface area contributed by atoms with E-state index < -0.39 is 11.6 Å². The number of halogens is 2. The van der Waals surface area contributed by atoms with Gasteiger partial charge in [-0.2, -0.15) is 0 Å². The summed E-state index contributed by atoms with van der Waals surface area (Å²) in [5.74, 6) is 4.46. The maximum atomic E-state index is 13.9. The quantitative estimate of drug-likeness (QED) is 0.663. The van der Waals surface area contributed by atoms with Crippen LogP contribution in [-0.4, -0.2) is 0 Å². The number of hydrogen-bond acceptors (Lipinski definition) is 2. The van der Waals surface area contributed by atoms with Gasteiger partial charge >= 0.3 is 0 Å². The molecule has 1 aliphatic carbocycles. The van der Waals surface area contributed by atoms with E-state index in [2.05, 4.69) is 17.6 Å². The van der Waals surface area contributed by atoms with Crippen LogP contribution in [0.4, 0.5) is 8.78 Å². The van der Waals surface area contributed by atoms with Crippen molar-refractivity contribution in [1.29, 1.82) is 0 Å². The second-order valence-electron chi connectivity index (χ2n) is 5.20. The zero-order valence-corrected chi connectivity index (χ0v) is 10.9. The second-order valence-corrected chi connectivity index (χ2v) is 5.20. The molecule has 2 aromatic rings. The van der Waals surface area contributed by atoms with Gasteiger partial charge in [0, 0.05) is 5.56 Å². The molecule has 0 radical (unpaired) electrons. The SMILES string of the molecule is NNC(c1cccc(F)c1F)C1CC1c1ccccc1. The predicted octanol–water partition coefficient (Wildman–Crippen LogP) is 3.27. The number of hydrogen-bond donors (Lipinski definition) is 2. The molecule has 1 fully saturated rings. The van der Waals surface area contributed by atoms with Crippen LogP contribution in [0.15, 0.2) is 48.5 Å². The molecule has 0 saturated heterocycles. The summed E-state index contributed by atoms with van der Waals surface area (Å²) in [4.78, 5) is 0. The Morgan fingerprint density at radius 1 is 1.05 bits per heavy atom. The average Bonchev–Trinajstić information content (AvgIpc) is 3.26. The fourth-order valence-corrected chi connectivity index (χ4v) is 2.87. The van der Waals surface area contributed by atoms with Gasteiger partial charge in [-0.15, -0.1) is 0 Å².